The number of benzene rings is 1. The minimum Gasteiger partial charge on any atom is -0.139 e. The Bertz CT molecular complexity index is 472. The predicted molar refractivity (Wildman–Crippen MR) is 69.9 cm³/mol. The first-order valence-electron chi connectivity index (χ1n) is 5.55. The van der Waals surface area contributed by atoms with Crippen molar-refractivity contribution in [1.82, 2.24) is 0 Å². The van der Waals surface area contributed by atoms with Gasteiger partial charge in [0.25, 0.3) is 0 Å². The Morgan fingerprint density at radius 3 is 2.40 bits per heavy atom. The van der Waals surface area contributed by atoms with Gasteiger partial charge in [0, 0.05) is 9.58 Å². The maximum Gasteiger partial charge on any atom is 0.0348 e. The van der Waals surface area contributed by atoms with E-state index < -0.39 is 0 Å². The molecular formula is C14H18S. The molecule has 2 aromatic rings. The van der Waals surface area contributed by atoms with E-state index in [9.17, 15) is 0 Å². The van der Waals surface area contributed by atoms with Crippen LogP contribution in [-0.4, -0.2) is 0 Å². The molecular weight excluding hydrogens is 200 g/mol. The molecule has 1 heterocycles. The van der Waals surface area contributed by atoms with Crippen molar-refractivity contribution in [2.24, 2.45) is 0 Å². The summed E-state index contributed by atoms with van der Waals surface area (Å²) in [7, 11) is 0. The average Bonchev–Trinajstić information content (AvgIpc) is 2.55. The van der Waals surface area contributed by atoms with Crippen LogP contribution >= 0.6 is 11.3 Å². The van der Waals surface area contributed by atoms with Crippen molar-refractivity contribution >= 4 is 21.4 Å². The lowest BCUT2D eigenvalue weighted by atomic mass is 9.90. The van der Waals surface area contributed by atoms with Gasteiger partial charge in [0.2, 0.25) is 0 Å². The normalized spacial score (nSPS) is 12.3. The lowest BCUT2D eigenvalue weighted by molar-refractivity contribution is 0.598. The highest BCUT2D eigenvalue weighted by Gasteiger charge is 2.21. The molecule has 0 unspecified atom stereocenters. The summed E-state index contributed by atoms with van der Waals surface area (Å²) in [6.07, 6.45) is 1.14. The van der Waals surface area contributed by atoms with E-state index in [0.717, 1.165) is 6.42 Å². The molecule has 1 aromatic carbocycles. The molecule has 0 fully saturated rings. The molecule has 0 aliphatic heterocycles. The molecule has 0 aliphatic rings. The summed E-state index contributed by atoms with van der Waals surface area (Å²) in [6, 6.07) is 8.75. The van der Waals surface area contributed by atoms with Gasteiger partial charge >= 0.3 is 0 Å². The number of rotatable bonds is 1. The molecule has 1 aromatic heterocycles. The molecule has 0 atom stereocenters. The van der Waals surface area contributed by atoms with E-state index in [1.807, 2.05) is 11.3 Å². The zero-order chi connectivity index (χ0) is 11.1. The van der Waals surface area contributed by atoms with Crippen LogP contribution in [0.2, 0.25) is 0 Å². The van der Waals surface area contributed by atoms with E-state index in [2.05, 4.69) is 52.0 Å². The fourth-order valence-corrected chi connectivity index (χ4v) is 3.41. The van der Waals surface area contributed by atoms with Crippen LogP contribution in [0.4, 0.5) is 0 Å². The Balaban J connectivity index is 2.75. The summed E-state index contributed by atoms with van der Waals surface area (Å²) < 4.78 is 1.43. The highest BCUT2D eigenvalue weighted by atomic mass is 32.1. The van der Waals surface area contributed by atoms with E-state index in [1.165, 1.54) is 10.1 Å². The summed E-state index contributed by atoms with van der Waals surface area (Å²) in [5, 5.41) is 1.45. The van der Waals surface area contributed by atoms with Gasteiger partial charge in [-0.15, -0.1) is 11.3 Å². The van der Waals surface area contributed by atoms with Gasteiger partial charge in [-0.3, -0.25) is 0 Å². The van der Waals surface area contributed by atoms with Crippen LogP contribution in [0.3, 0.4) is 0 Å². The molecule has 0 N–H and O–H groups in total. The monoisotopic (exact) mass is 218 g/mol. The van der Waals surface area contributed by atoms with Gasteiger partial charge in [0.15, 0.2) is 0 Å². The molecule has 2 rings (SSSR count). The number of hydrogen-bond donors (Lipinski definition) is 0. The second kappa shape index (κ2) is 3.64. The van der Waals surface area contributed by atoms with Crippen LogP contribution < -0.4 is 0 Å². The van der Waals surface area contributed by atoms with Gasteiger partial charge in [-0.1, -0.05) is 45.9 Å². The Morgan fingerprint density at radius 1 is 1.13 bits per heavy atom. The predicted octanol–water partition coefficient (Wildman–Crippen LogP) is 4.76. The fourth-order valence-electron chi connectivity index (χ4n) is 2.06. The molecule has 15 heavy (non-hydrogen) atoms. The standard InChI is InChI=1S/C14H18S/c1-5-10-11-8-6-7-9-12(11)15-13(10)14(2,3)4/h6-9H,5H2,1-4H3. The summed E-state index contributed by atoms with van der Waals surface area (Å²) in [4.78, 5) is 1.55. The molecule has 0 amide bonds. The Hall–Kier alpha value is -0.820. The molecule has 80 valence electrons. The van der Waals surface area contributed by atoms with Crippen LogP contribution in [0.5, 0.6) is 0 Å². The average molecular weight is 218 g/mol. The molecule has 0 radical (unpaired) electrons. The summed E-state index contributed by atoms with van der Waals surface area (Å²) in [5.74, 6) is 0. The lowest BCUT2D eigenvalue weighted by Gasteiger charge is -2.18. The Morgan fingerprint density at radius 2 is 1.80 bits per heavy atom. The minimum absolute atomic E-state index is 0.273. The largest absolute Gasteiger partial charge is 0.139 e. The highest BCUT2D eigenvalue weighted by Crippen LogP contribution is 2.38. The Labute approximate surface area is 95.9 Å². The second-order valence-electron chi connectivity index (χ2n) is 5.01. The minimum atomic E-state index is 0.273. The number of aryl methyl sites for hydroxylation is 1. The van der Waals surface area contributed by atoms with E-state index in [1.54, 1.807) is 10.4 Å². The third-order valence-corrected chi connectivity index (χ3v) is 4.37. The molecule has 0 spiro atoms. The van der Waals surface area contributed by atoms with Crippen LogP contribution in [0.25, 0.3) is 10.1 Å². The van der Waals surface area contributed by atoms with Gasteiger partial charge in [-0.2, -0.15) is 0 Å². The van der Waals surface area contributed by atoms with Crippen molar-refractivity contribution in [3.05, 3.63) is 34.7 Å². The first-order chi connectivity index (χ1) is 7.04. The topological polar surface area (TPSA) is 0 Å². The zero-order valence-corrected chi connectivity index (χ0v) is 10.7. The molecule has 0 saturated carbocycles. The van der Waals surface area contributed by atoms with E-state index in [4.69, 9.17) is 0 Å². The van der Waals surface area contributed by atoms with Crippen molar-refractivity contribution in [3.8, 4) is 0 Å². The summed E-state index contributed by atoms with van der Waals surface area (Å²) in [6.45, 7) is 9.16. The quantitative estimate of drug-likeness (QED) is 0.647. The maximum absolute atomic E-state index is 2.30. The summed E-state index contributed by atoms with van der Waals surface area (Å²) in [5.41, 5.74) is 1.82. The van der Waals surface area contributed by atoms with Crippen LogP contribution in [-0.2, 0) is 11.8 Å². The first-order valence-corrected chi connectivity index (χ1v) is 6.36. The zero-order valence-electron chi connectivity index (χ0n) is 9.92. The maximum atomic E-state index is 2.30. The number of thiophene rings is 1. The van der Waals surface area contributed by atoms with E-state index in [0.29, 0.717) is 0 Å². The third-order valence-electron chi connectivity index (χ3n) is 2.73. The molecule has 0 saturated heterocycles. The van der Waals surface area contributed by atoms with Crippen molar-refractivity contribution in [3.63, 3.8) is 0 Å². The second-order valence-corrected chi connectivity index (χ2v) is 6.06. The van der Waals surface area contributed by atoms with Crippen molar-refractivity contribution in [2.75, 3.05) is 0 Å². The molecule has 0 nitrogen and oxygen atoms in total. The van der Waals surface area contributed by atoms with Gasteiger partial charge in [0.1, 0.15) is 0 Å². The van der Waals surface area contributed by atoms with E-state index >= 15 is 0 Å². The smallest absolute Gasteiger partial charge is 0.0348 e. The molecule has 0 aliphatic carbocycles. The van der Waals surface area contributed by atoms with Crippen molar-refractivity contribution < 1.29 is 0 Å². The third kappa shape index (κ3) is 1.81. The van der Waals surface area contributed by atoms with Crippen LogP contribution in [0.15, 0.2) is 24.3 Å². The van der Waals surface area contributed by atoms with E-state index in [-0.39, 0.29) is 5.41 Å². The van der Waals surface area contributed by atoms with Gasteiger partial charge in [0.05, 0.1) is 0 Å². The van der Waals surface area contributed by atoms with Crippen LogP contribution in [0.1, 0.15) is 38.1 Å². The number of hydrogen-bond acceptors (Lipinski definition) is 1. The van der Waals surface area contributed by atoms with Gasteiger partial charge in [-0.25, -0.2) is 0 Å². The first kappa shape index (κ1) is 10.7. The van der Waals surface area contributed by atoms with Gasteiger partial charge in [-0.05, 0) is 28.9 Å². The summed E-state index contributed by atoms with van der Waals surface area (Å²) >= 11 is 1.96. The SMILES string of the molecule is CCc1c(C(C)(C)C)sc2ccccc12. The van der Waals surface area contributed by atoms with Crippen molar-refractivity contribution in [2.45, 2.75) is 39.5 Å². The lowest BCUT2D eigenvalue weighted by Crippen LogP contribution is -2.10. The molecule has 1 heteroatoms. The van der Waals surface area contributed by atoms with Gasteiger partial charge < -0.3 is 0 Å². The molecule has 0 bridgehead atoms. The van der Waals surface area contributed by atoms with Crippen LogP contribution in [0, 0.1) is 0 Å². The Kier molecular flexibility index (Phi) is 2.59. The fraction of sp³-hybridized carbons (Fsp3) is 0.429. The van der Waals surface area contributed by atoms with Crippen molar-refractivity contribution in [1.29, 1.82) is 0 Å². The highest BCUT2D eigenvalue weighted by molar-refractivity contribution is 7.19. The number of fused-ring (bicyclic) bond motifs is 1.